The van der Waals surface area contributed by atoms with Gasteiger partial charge in [-0.3, -0.25) is 14.9 Å². The van der Waals surface area contributed by atoms with Crippen molar-refractivity contribution in [1.29, 1.82) is 0 Å². The fraction of sp³-hybridized carbons (Fsp3) is 0.125. The number of carbonyl (C=O) groups is 2. The van der Waals surface area contributed by atoms with Gasteiger partial charge in [0.05, 0.1) is 4.92 Å². The van der Waals surface area contributed by atoms with E-state index in [1.807, 2.05) is 13.0 Å². The van der Waals surface area contributed by atoms with Crippen LogP contribution in [-0.2, 0) is 9.53 Å². The SMILES string of the molecule is Cc1cc(Br)ccc1NC(=O)COC(=O)c1ccccc1[N+](=O)[O-]. The van der Waals surface area contributed by atoms with Crippen LogP contribution in [0.4, 0.5) is 11.4 Å². The number of hydrogen-bond donors (Lipinski definition) is 1. The van der Waals surface area contributed by atoms with Gasteiger partial charge in [-0.1, -0.05) is 28.1 Å². The van der Waals surface area contributed by atoms with Gasteiger partial charge in [-0.25, -0.2) is 4.79 Å². The van der Waals surface area contributed by atoms with E-state index < -0.39 is 23.4 Å². The van der Waals surface area contributed by atoms with Crippen molar-refractivity contribution in [2.75, 3.05) is 11.9 Å². The summed E-state index contributed by atoms with van der Waals surface area (Å²) < 4.78 is 5.73. The van der Waals surface area contributed by atoms with E-state index in [0.29, 0.717) is 5.69 Å². The lowest BCUT2D eigenvalue weighted by Gasteiger charge is -2.09. The lowest BCUT2D eigenvalue weighted by Crippen LogP contribution is -2.21. The molecule has 0 bridgehead atoms. The fourth-order valence-electron chi connectivity index (χ4n) is 1.97. The van der Waals surface area contributed by atoms with Crippen LogP contribution < -0.4 is 5.32 Å². The highest BCUT2D eigenvalue weighted by Crippen LogP contribution is 2.20. The highest BCUT2D eigenvalue weighted by Gasteiger charge is 2.21. The van der Waals surface area contributed by atoms with Gasteiger partial charge in [0.25, 0.3) is 11.6 Å². The summed E-state index contributed by atoms with van der Waals surface area (Å²) in [7, 11) is 0. The first kappa shape index (κ1) is 17.6. The lowest BCUT2D eigenvalue weighted by molar-refractivity contribution is -0.385. The third-order valence-corrected chi connectivity index (χ3v) is 3.61. The second-order valence-electron chi connectivity index (χ2n) is 4.86. The average Bonchev–Trinajstić information content (AvgIpc) is 2.55. The van der Waals surface area contributed by atoms with E-state index in [2.05, 4.69) is 21.2 Å². The van der Waals surface area contributed by atoms with Gasteiger partial charge in [0.2, 0.25) is 0 Å². The van der Waals surface area contributed by atoms with E-state index in [9.17, 15) is 19.7 Å². The monoisotopic (exact) mass is 392 g/mol. The smallest absolute Gasteiger partial charge is 0.345 e. The van der Waals surface area contributed by atoms with Crippen LogP contribution in [-0.4, -0.2) is 23.4 Å². The summed E-state index contributed by atoms with van der Waals surface area (Å²) in [5.41, 5.74) is 0.856. The quantitative estimate of drug-likeness (QED) is 0.477. The van der Waals surface area contributed by atoms with Crippen LogP contribution in [0.1, 0.15) is 15.9 Å². The molecular formula is C16H13BrN2O5. The summed E-state index contributed by atoms with van der Waals surface area (Å²) >= 11 is 3.32. The minimum Gasteiger partial charge on any atom is -0.452 e. The molecule has 0 atom stereocenters. The summed E-state index contributed by atoms with van der Waals surface area (Å²) in [6, 6.07) is 10.7. The number of ether oxygens (including phenoxy) is 1. The number of halogens is 1. The van der Waals surface area contributed by atoms with Gasteiger partial charge in [0, 0.05) is 16.2 Å². The number of esters is 1. The Kier molecular flexibility index (Phi) is 5.64. The van der Waals surface area contributed by atoms with Crippen LogP contribution in [0.3, 0.4) is 0 Å². The maximum Gasteiger partial charge on any atom is 0.345 e. The molecule has 0 aromatic heterocycles. The highest BCUT2D eigenvalue weighted by molar-refractivity contribution is 9.10. The number of carbonyl (C=O) groups excluding carboxylic acids is 2. The predicted molar refractivity (Wildman–Crippen MR) is 90.9 cm³/mol. The second-order valence-corrected chi connectivity index (χ2v) is 5.77. The first-order valence-electron chi connectivity index (χ1n) is 6.85. The number of nitrogens with one attached hydrogen (secondary N) is 1. The topological polar surface area (TPSA) is 98.5 Å². The number of rotatable bonds is 5. The third-order valence-electron chi connectivity index (χ3n) is 3.12. The van der Waals surface area contributed by atoms with Crippen molar-refractivity contribution >= 4 is 39.2 Å². The molecule has 0 saturated carbocycles. The number of hydrogen-bond acceptors (Lipinski definition) is 5. The van der Waals surface area contributed by atoms with Crippen molar-refractivity contribution in [2.24, 2.45) is 0 Å². The normalized spacial score (nSPS) is 10.1. The second kappa shape index (κ2) is 7.69. The van der Waals surface area contributed by atoms with Gasteiger partial charge in [-0.2, -0.15) is 0 Å². The van der Waals surface area contributed by atoms with Crippen LogP contribution in [0.5, 0.6) is 0 Å². The molecule has 0 heterocycles. The molecule has 1 N–H and O–H groups in total. The van der Waals surface area contributed by atoms with E-state index in [-0.39, 0.29) is 11.3 Å². The van der Waals surface area contributed by atoms with Crippen molar-refractivity contribution in [1.82, 2.24) is 0 Å². The largest absolute Gasteiger partial charge is 0.452 e. The molecule has 24 heavy (non-hydrogen) atoms. The number of nitro benzene ring substituents is 1. The number of aryl methyl sites for hydroxylation is 1. The zero-order valence-electron chi connectivity index (χ0n) is 12.6. The van der Waals surface area contributed by atoms with Crippen molar-refractivity contribution in [3.63, 3.8) is 0 Å². The Morgan fingerprint density at radius 3 is 2.62 bits per heavy atom. The molecular weight excluding hydrogens is 380 g/mol. The molecule has 0 unspecified atom stereocenters. The summed E-state index contributed by atoms with van der Waals surface area (Å²) in [6.45, 7) is 1.28. The van der Waals surface area contributed by atoms with E-state index in [0.717, 1.165) is 10.0 Å². The van der Waals surface area contributed by atoms with Gasteiger partial charge in [-0.15, -0.1) is 0 Å². The van der Waals surface area contributed by atoms with E-state index in [1.165, 1.54) is 24.3 Å². The molecule has 0 radical (unpaired) electrons. The number of benzene rings is 2. The zero-order chi connectivity index (χ0) is 17.7. The maximum absolute atomic E-state index is 11.9. The Morgan fingerprint density at radius 2 is 1.96 bits per heavy atom. The average molecular weight is 393 g/mol. The first-order chi connectivity index (χ1) is 11.4. The molecule has 0 saturated heterocycles. The van der Waals surface area contributed by atoms with Crippen molar-refractivity contribution in [3.05, 3.63) is 68.2 Å². The Hall–Kier alpha value is -2.74. The molecule has 8 heteroatoms. The summed E-state index contributed by atoms with van der Waals surface area (Å²) in [6.07, 6.45) is 0. The number of nitro groups is 1. The minimum absolute atomic E-state index is 0.199. The Balaban J connectivity index is 1.99. The Morgan fingerprint density at radius 1 is 1.25 bits per heavy atom. The summed E-state index contributed by atoms with van der Waals surface area (Å²) in [4.78, 5) is 34.0. The Bertz CT molecular complexity index is 807. The molecule has 0 aliphatic carbocycles. The molecule has 124 valence electrons. The molecule has 0 spiro atoms. The molecule has 0 aliphatic heterocycles. The van der Waals surface area contributed by atoms with Crippen molar-refractivity contribution in [3.8, 4) is 0 Å². The van der Waals surface area contributed by atoms with E-state index in [1.54, 1.807) is 12.1 Å². The first-order valence-corrected chi connectivity index (χ1v) is 7.64. The van der Waals surface area contributed by atoms with Gasteiger partial charge in [0.15, 0.2) is 6.61 Å². The standard InChI is InChI=1S/C16H13BrN2O5/c1-10-8-11(17)6-7-13(10)18-15(20)9-24-16(21)12-4-2-3-5-14(12)19(22)23/h2-8H,9H2,1H3,(H,18,20). The number of nitrogens with zero attached hydrogens (tertiary/aromatic N) is 1. The van der Waals surface area contributed by atoms with Crippen LogP contribution in [0.2, 0.25) is 0 Å². The van der Waals surface area contributed by atoms with Crippen LogP contribution >= 0.6 is 15.9 Å². The predicted octanol–water partition coefficient (Wildman–Crippen LogP) is 3.46. The van der Waals surface area contributed by atoms with Gasteiger partial charge in [-0.05, 0) is 36.8 Å². The minimum atomic E-state index is -0.926. The summed E-state index contributed by atoms with van der Waals surface area (Å²) in [5.74, 6) is -1.46. The molecule has 2 aromatic carbocycles. The molecule has 2 aromatic rings. The van der Waals surface area contributed by atoms with Crippen LogP contribution in [0.25, 0.3) is 0 Å². The third kappa shape index (κ3) is 4.39. The highest BCUT2D eigenvalue weighted by atomic mass is 79.9. The van der Waals surface area contributed by atoms with E-state index in [4.69, 9.17) is 4.74 Å². The molecule has 0 aliphatic rings. The van der Waals surface area contributed by atoms with Gasteiger partial charge >= 0.3 is 5.97 Å². The molecule has 7 nitrogen and oxygen atoms in total. The fourth-order valence-corrected chi connectivity index (χ4v) is 2.44. The van der Waals surface area contributed by atoms with Crippen LogP contribution in [0.15, 0.2) is 46.9 Å². The summed E-state index contributed by atoms with van der Waals surface area (Å²) in [5, 5.41) is 13.5. The Labute approximate surface area is 145 Å². The zero-order valence-corrected chi connectivity index (χ0v) is 14.2. The number of amides is 1. The number of para-hydroxylation sites is 1. The van der Waals surface area contributed by atoms with Crippen molar-refractivity contribution < 1.29 is 19.2 Å². The van der Waals surface area contributed by atoms with Crippen LogP contribution in [0, 0.1) is 17.0 Å². The molecule has 1 amide bonds. The van der Waals surface area contributed by atoms with Crippen molar-refractivity contribution in [2.45, 2.75) is 6.92 Å². The lowest BCUT2D eigenvalue weighted by atomic mass is 10.2. The molecule has 0 fully saturated rings. The van der Waals surface area contributed by atoms with E-state index >= 15 is 0 Å². The van der Waals surface area contributed by atoms with Gasteiger partial charge in [0.1, 0.15) is 5.56 Å². The van der Waals surface area contributed by atoms with Gasteiger partial charge < -0.3 is 10.1 Å². The molecule has 2 rings (SSSR count). The maximum atomic E-state index is 11.9. The number of anilines is 1.